The third-order valence-electron chi connectivity index (χ3n) is 4.39. The van der Waals surface area contributed by atoms with E-state index >= 15 is 0 Å². The second-order valence-corrected chi connectivity index (χ2v) is 6.78. The molecule has 3 rings (SSSR count). The van der Waals surface area contributed by atoms with Crippen molar-refractivity contribution in [2.24, 2.45) is 4.99 Å². The number of guanidine groups is 1. The summed E-state index contributed by atoms with van der Waals surface area (Å²) >= 11 is 6.03. The van der Waals surface area contributed by atoms with Crippen molar-refractivity contribution >= 4 is 41.5 Å². The third kappa shape index (κ3) is 7.32. The summed E-state index contributed by atoms with van der Waals surface area (Å²) in [5.74, 6) is 0.774. The second kappa shape index (κ2) is 12.4. The molecule has 2 N–H and O–H groups in total. The summed E-state index contributed by atoms with van der Waals surface area (Å²) in [7, 11) is 1.78. The Morgan fingerprint density at radius 1 is 1.14 bits per heavy atom. The summed E-state index contributed by atoms with van der Waals surface area (Å²) in [6.45, 7) is 2.41. The van der Waals surface area contributed by atoms with Gasteiger partial charge in [-0.2, -0.15) is 5.10 Å². The molecule has 0 bridgehead atoms. The zero-order valence-electron chi connectivity index (χ0n) is 16.3. The van der Waals surface area contributed by atoms with Gasteiger partial charge in [-0.05, 0) is 36.6 Å². The molecule has 0 spiro atoms. The molecule has 1 aromatic carbocycles. The molecule has 0 radical (unpaired) electrons. The summed E-state index contributed by atoms with van der Waals surface area (Å²) in [4.78, 5) is 4.32. The van der Waals surface area contributed by atoms with Crippen LogP contribution in [0.4, 0.5) is 0 Å². The van der Waals surface area contributed by atoms with Crippen molar-refractivity contribution in [2.45, 2.75) is 25.4 Å². The number of aromatic nitrogens is 5. The number of aliphatic imine (C=N–C) groups is 1. The Bertz CT molecular complexity index is 834. The Balaban J connectivity index is 0.00000300. The number of halogens is 2. The zero-order chi connectivity index (χ0) is 19.6. The van der Waals surface area contributed by atoms with Crippen molar-refractivity contribution in [1.82, 2.24) is 35.2 Å². The molecule has 0 amide bonds. The maximum Gasteiger partial charge on any atom is 0.191 e. The fourth-order valence-corrected chi connectivity index (χ4v) is 3.02. The van der Waals surface area contributed by atoms with E-state index in [0.29, 0.717) is 6.54 Å². The number of hydrogen-bond acceptors (Lipinski definition) is 4. The molecule has 1 unspecified atom stereocenters. The van der Waals surface area contributed by atoms with Gasteiger partial charge in [-0.15, -0.1) is 34.2 Å². The Labute approximate surface area is 192 Å². The summed E-state index contributed by atoms with van der Waals surface area (Å²) in [5, 5.41) is 19.5. The van der Waals surface area contributed by atoms with Gasteiger partial charge in [0.15, 0.2) is 5.96 Å². The van der Waals surface area contributed by atoms with E-state index in [4.69, 9.17) is 11.6 Å². The van der Waals surface area contributed by atoms with Gasteiger partial charge < -0.3 is 15.2 Å². The van der Waals surface area contributed by atoms with E-state index in [1.807, 2.05) is 45.8 Å². The maximum absolute atomic E-state index is 6.03. The highest BCUT2D eigenvalue weighted by atomic mass is 127. The third-order valence-corrected chi connectivity index (χ3v) is 4.64. The zero-order valence-corrected chi connectivity index (χ0v) is 19.4. The first-order valence-electron chi connectivity index (χ1n) is 9.28. The van der Waals surface area contributed by atoms with Crippen molar-refractivity contribution in [1.29, 1.82) is 0 Å². The smallest absolute Gasteiger partial charge is 0.191 e. The SMILES string of the molecule is CN=C(NCCCCn1cnnc1)NCC(c1ccc(Cl)cc1)n1cccn1.I. The fraction of sp³-hybridized carbons (Fsp3) is 0.368. The molecule has 3 aromatic rings. The van der Waals surface area contributed by atoms with Crippen LogP contribution in [0.15, 0.2) is 60.4 Å². The van der Waals surface area contributed by atoms with Crippen molar-refractivity contribution in [2.75, 3.05) is 20.1 Å². The summed E-state index contributed by atoms with van der Waals surface area (Å²) in [5.41, 5.74) is 1.13. The number of nitrogens with one attached hydrogen (secondary N) is 2. The highest BCUT2D eigenvalue weighted by Gasteiger charge is 2.14. The number of aryl methyl sites for hydroxylation is 1. The first-order chi connectivity index (χ1) is 13.8. The van der Waals surface area contributed by atoms with Crippen LogP contribution in [0.25, 0.3) is 0 Å². The molecule has 29 heavy (non-hydrogen) atoms. The van der Waals surface area contributed by atoms with E-state index < -0.39 is 0 Å². The average molecular weight is 529 g/mol. The van der Waals surface area contributed by atoms with Crippen molar-refractivity contribution in [3.63, 3.8) is 0 Å². The first-order valence-corrected chi connectivity index (χ1v) is 9.65. The molecule has 0 aliphatic carbocycles. The van der Waals surface area contributed by atoms with E-state index in [2.05, 4.69) is 30.9 Å². The number of hydrogen-bond donors (Lipinski definition) is 2. The van der Waals surface area contributed by atoms with Crippen LogP contribution in [0.5, 0.6) is 0 Å². The lowest BCUT2D eigenvalue weighted by Gasteiger charge is -2.20. The minimum absolute atomic E-state index is 0. The highest BCUT2D eigenvalue weighted by molar-refractivity contribution is 14.0. The van der Waals surface area contributed by atoms with Crippen molar-refractivity contribution < 1.29 is 0 Å². The molecule has 2 heterocycles. The van der Waals surface area contributed by atoms with Gasteiger partial charge in [0.1, 0.15) is 12.7 Å². The lowest BCUT2D eigenvalue weighted by atomic mass is 10.1. The standard InChI is InChI=1S/C19H25ClN8.HI/c1-21-19(22-9-2-3-11-27-14-24-25-15-27)23-13-18(28-12-4-10-26-28)16-5-7-17(20)8-6-16;/h4-8,10,12,14-15,18H,2-3,9,11,13H2,1H3,(H2,21,22,23);1H. The summed E-state index contributed by atoms with van der Waals surface area (Å²) in [6.07, 6.45) is 9.29. The van der Waals surface area contributed by atoms with Gasteiger partial charge in [-0.3, -0.25) is 9.67 Å². The van der Waals surface area contributed by atoms with Crippen LogP contribution in [0.2, 0.25) is 5.02 Å². The quantitative estimate of drug-likeness (QED) is 0.193. The van der Waals surface area contributed by atoms with Crippen LogP contribution < -0.4 is 10.6 Å². The van der Waals surface area contributed by atoms with Crippen LogP contribution in [-0.2, 0) is 6.54 Å². The summed E-state index contributed by atoms with van der Waals surface area (Å²) in [6, 6.07) is 9.81. The molecule has 8 nitrogen and oxygen atoms in total. The second-order valence-electron chi connectivity index (χ2n) is 6.34. The Hall–Kier alpha value is -2.14. The van der Waals surface area contributed by atoms with Crippen molar-refractivity contribution in [3.05, 3.63) is 66.0 Å². The Morgan fingerprint density at radius 3 is 2.55 bits per heavy atom. The Kier molecular flexibility index (Phi) is 9.92. The van der Waals surface area contributed by atoms with Crippen LogP contribution in [0.3, 0.4) is 0 Å². The largest absolute Gasteiger partial charge is 0.356 e. The van der Waals surface area contributed by atoms with Gasteiger partial charge in [0, 0.05) is 44.1 Å². The van der Waals surface area contributed by atoms with Crippen LogP contribution in [0, 0.1) is 0 Å². The molecular formula is C19H26ClIN8. The van der Waals surface area contributed by atoms with Crippen LogP contribution in [0.1, 0.15) is 24.4 Å². The normalized spacial score (nSPS) is 12.3. The van der Waals surface area contributed by atoms with Gasteiger partial charge in [0.05, 0.1) is 6.04 Å². The molecular weight excluding hydrogens is 503 g/mol. The fourth-order valence-electron chi connectivity index (χ4n) is 2.89. The molecule has 2 aromatic heterocycles. The lowest BCUT2D eigenvalue weighted by molar-refractivity contribution is 0.510. The molecule has 10 heteroatoms. The van der Waals surface area contributed by atoms with Gasteiger partial charge in [-0.25, -0.2) is 0 Å². The van der Waals surface area contributed by atoms with E-state index in [0.717, 1.165) is 42.5 Å². The highest BCUT2D eigenvalue weighted by Crippen LogP contribution is 2.19. The van der Waals surface area contributed by atoms with E-state index in [1.165, 1.54) is 0 Å². The Morgan fingerprint density at radius 2 is 1.90 bits per heavy atom. The molecule has 0 aliphatic rings. The van der Waals surface area contributed by atoms with E-state index in [1.54, 1.807) is 25.9 Å². The van der Waals surface area contributed by atoms with Crippen LogP contribution >= 0.6 is 35.6 Å². The molecule has 0 aliphatic heterocycles. The van der Waals surface area contributed by atoms with E-state index in [9.17, 15) is 0 Å². The number of unbranched alkanes of at least 4 members (excludes halogenated alkanes) is 1. The van der Waals surface area contributed by atoms with Gasteiger partial charge >= 0.3 is 0 Å². The number of rotatable bonds is 9. The molecule has 0 fully saturated rings. The minimum atomic E-state index is 0. The number of nitrogens with zero attached hydrogens (tertiary/aromatic N) is 6. The minimum Gasteiger partial charge on any atom is -0.356 e. The van der Waals surface area contributed by atoms with Gasteiger partial charge in [0.2, 0.25) is 0 Å². The summed E-state index contributed by atoms with van der Waals surface area (Å²) < 4.78 is 3.91. The lowest BCUT2D eigenvalue weighted by Crippen LogP contribution is -2.41. The molecule has 156 valence electrons. The topological polar surface area (TPSA) is 85.0 Å². The van der Waals surface area contributed by atoms with Crippen LogP contribution in [-0.4, -0.2) is 50.6 Å². The van der Waals surface area contributed by atoms with Gasteiger partial charge in [0.25, 0.3) is 0 Å². The molecule has 0 saturated carbocycles. The molecule has 0 saturated heterocycles. The molecule has 1 atom stereocenters. The van der Waals surface area contributed by atoms with E-state index in [-0.39, 0.29) is 30.0 Å². The first kappa shape index (κ1) is 23.1. The predicted molar refractivity (Wildman–Crippen MR) is 126 cm³/mol. The van der Waals surface area contributed by atoms with Crippen molar-refractivity contribution in [3.8, 4) is 0 Å². The monoisotopic (exact) mass is 528 g/mol. The predicted octanol–water partition coefficient (Wildman–Crippen LogP) is 2.98. The number of benzene rings is 1. The average Bonchev–Trinajstić information content (AvgIpc) is 3.42. The maximum atomic E-state index is 6.03. The van der Waals surface area contributed by atoms with Gasteiger partial charge in [-0.1, -0.05) is 23.7 Å².